The molecule has 0 saturated heterocycles. The number of nitrogens with one attached hydrogen (secondary N) is 1. The number of hydrogen-bond acceptors (Lipinski definition) is 3. The Labute approximate surface area is 129 Å². The van der Waals surface area contributed by atoms with Gasteiger partial charge < -0.3 is 14.6 Å². The van der Waals surface area contributed by atoms with Crippen LogP contribution in [0.2, 0.25) is 0 Å². The number of rotatable bonds is 6. The lowest BCUT2D eigenvalue weighted by molar-refractivity contribution is 0.0949. The van der Waals surface area contributed by atoms with Crippen LogP contribution in [0.15, 0.2) is 47.4 Å². The fraction of sp³-hybridized carbons (Fsp3) is 0.294. The molecule has 1 heterocycles. The lowest BCUT2D eigenvalue weighted by atomic mass is 10.1. The second-order valence-electron chi connectivity index (χ2n) is 4.95. The van der Waals surface area contributed by atoms with Gasteiger partial charge in [-0.3, -0.25) is 9.59 Å². The van der Waals surface area contributed by atoms with Gasteiger partial charge in [0.2, 0.25) is 0 Å². The van der Waals surface area contributed by atoms with Gasteiger partial charge in [-0.15, -0.1) is 0 Å². The minimum Gasteiger partial charge on any atom is -0.377 e. The third-order valence-corrected chi connectivity index (χ3v) is 3.39. The Hall–Kier alpha value is -2.40. The molecule has 0 bridgehead atoms. The molecule has 1 amide bonds. The Balaban J connectivity index is 2.04. The van der Waals surface area contributed by atoms with E-state index in [1.54, 1.807) is 19.3 Å². The molecule has 1 aromatic heterocycles. The average Bonchev–Trinajstić information content (AvgIpc) is 2.54. The molecule has 0 aliphatic rings. The summed E-state index contributed by atoms with van der Waals surface area (Å²) in [7, 11) is 1.65. The zero-order valence-electron chi connectivity index (χ0n) is 12.8. The fourth-order valence-corrected chi connectivity index (χ4v) is 2.05. The maximum absolute atomic E-state index is 12.1. The Kier molecular flexibility index (Phi) is 5.49. The number of hydrogen-bond donors (Lipinski definition) is 1. The van der Waals surface area contributed by atoms with Gasteiger partial charge in [0.25, 0.3) is 11.5 Å². The third kappa shape index (κ3) is 4.05. The second-order valence-corrected chi connectivity index (χ2v) is 4.95. The summed E-state index contributed by atoms with van der Waals surface area (Å²) in [4.78, 5) is 23.7. The topological polar surface area (TPSA) is 60.3 Å². The van der Waals surface area contributed by atoms with E-state index in [1.807, 2.05) is 31.2 Å². The lowest BCUT2D eigenvalue weighted by Crippen LogP contribution is -2.26. The molecule has 0 aliphatic carbocycles. The first-order valence-corrected chi connectivity index (χ1v) is 7.21. The molecule has 5 nitrogen and oxygen atoms in total. The van der Waals surface area contributed by atoms with Crippen molar-refractivity contribution in [1.29, 1.82) is 0 Å². The molecule has 0 atom stereocenters. The highest BCUT2D eigenvalue weighted by molar-refractivity contribution is 5.93. The van der Waals surface area contributed by atoms with Crippen LogP contribution in [0.4, 0.5) is 0 Å². The van der Waals surface area contributed by atoms with Crippen LogP contribution in [0.25, 0.3) is 0 Å². The summed E-state index contributed by atoms with van der Waals surface area (Å²) in [6.45, 7) is 3.51. The first kappa shape index (κ1) is 16.0. The highest BCUT2D eigenvalue weighted by Crippen LogP contribution is 2.10. The average molecular weight is 300 g/mol. The molecule has 0 unspecified atom stereocenters. The molecule has 2 aromatic rings. The molecule has 1 N–H and O–H groups in total. The first-order valence-electron chi connectivity index (χ1n) is 7.21. The van der Waals surface area contributed by atoms with Crippen molar-refractivity contribution in [3.05, 3.63) is 69.6 Å². The number of aryl methyl sites for hydroxylation is 1. The molecular weight excluding hydrogens is 280 g/mol. The predicted molar refractivity (Wildman–Crippen MR) is 84.6 cm³/mol. The maximum atomic E-state index is 12.1. The van der Waals surface area contributed by atoms with Crippen LogP contribution in [0.1, 0.15) is 28.4 Å². The predicted octanol–water partition coefficient (Wildman–Crippen LogP) is 1.85. The molecule has 116 valence electrons. The molecule has 1 aromatic carbocycles. The van der Waals surface area contributed by atoms with E-state index in [0.717, 1.165) is 11.1 Å². The molecule has 0 saturated carbocycles. The van der Waals surface area contributed by atoms with Crippen molar-refractivity contribution in [3.8, 4) is 0 Å². The van der Waals surface area contributed by atoms with Crippen LogP contribution >= 0.6 is 0 Å². The number of carbonyl (C=O) groups excluding carboxylic acids is 1. The summed E-state index contributed by atoms with van der Waals surface area (Å²) in [5.74, 6) is -0.260. The van der Waals surface area contributed by atoms with Crippen molar-refractivity contribution >= 4 is 5.91 Å². The van der Waals surface area contributed by atoms with Crippen LogP contribution in [-0.2, 0) is 24.9 Å². The smallest absolute Gasteiger partial charge is 0.251 e. The molecule has 0 fully saturated rings. The monoisotopic (exact) mass is 300 g/mol. The Bertz CT molecular complexity index is 707. The van der Waals surface area contributed by atoms with E-state index in [1.165, 1.54) is 10.6 Å². The number of amides is 1. The molecule has 0 radical (unpaired) electrons. The van der Waals surface area contributed by atoms with Gasteiger partial charge >= 0.3 is 0 Å². The summed E-state index contributed by atoms with van der Waals surface area (Å²) < 4.78 is 6.85. The summed E-state index contributed by atoms with van der Waals surface area (Å²) in [6, 6.07) is 10.8. The molecule has 5 heteroatoms. The van der Waals surface area contributed by atoms with Gasteiger partial charge in [-0.25, -0.2) is 0 Å². The van der Waals surface area contributed by atoms with E-state index in [0.29, 0.717) is 25.3 Å². The number of aromatic nitrogens is 1. The normalized spacial score (nSPS) is 10.5. The maximum Gasteiger partial charge on any atom is 0.251 e. The van der Waals surface area contributed by atoms with Crippen LogP contribution in [-0.4, -0.2) is 17.1 Å². The summed E-state index contributed by atoms with van der Waals surface area (Å²) in [6.07, 6.45) is 1.58. The minimum atomic E-state index is -0.260. The Morgan fingerprint density at radius 2 is 1.95 bits per heavy atom. The van der Waals surface area contributed by atoms with E-state index in [4.69, 9.17) is 4.74 Å². The van der Waals surface area contributed by atoms with Gasteiger partial charge in [0.05, 0.1) is 6.61 Å². The molecule has 0 aliphatic heterocycles. The first-order chi connectivity index (χ1) is 10.6. The number of ether oxygens (including phenoxy) is 1. The van der Waals surface area contributed by atoms with Crippen molar-refractivity contribution in [2.24, 2.45) is 7.05 Å². The van der Waals surface area contributed by atoms with E-state index >= 15 is 0 Å². The van der Waals surface area contributed by atoms with Crippen LogP contribution in [0.3, 0.4) is 0 Å². The van der Waals surface area contributed by atoms with Crippen molar-refractivity contribution in [3.63, 3.8) is 0 Å². The fourth-order valence-electron chi connectivity index (χ4n) is 2.05. The summed E-state index contributed by atoms with van der Waals surface area (Å²) in [5, 5.41) is 2.84. The lowest BCUT2D eigenvalue weighted by Gasteiger charge is -2.11. The SMILES string of the molecule is CCOCc1ccccc1CNC(=O)c1ccn(C)c(=O)c1. The highest BCUT2D eigenvalue weighted by atomic mass is 16.5. The third-order valence-electron chi connectivity index (χ3n) is 3.39. The van der Waals surface area contributed by atoms with Gasteiger partial charge in [0.15, 0.2) is 0 Å². The van der Waals surface area contributed by atoms with Crippen LogP contribution in [0, 0.1) is 0 Å². The van der Waals surface area contributed by atoms with Gasteiger partial charge in [-0.2, -0.15) is 0 Å². The standard InChI is InChI=1S/C17H20N2O3/c1-3-22-12-15-7-5-4-6-14(15)11-18-17(21)13-8-9-19(2)16(20)10-13/h4-10H,3,11-12H2,1-2H3,(H,18,21). The summed E-state index contributed by atoms with van der Waals surface area (Å²) in [5.41, 5.74) is 2.22. The zero-order chi connectivity index (χ0) is 15.9. The molecular formula is C17H20N2O3. The van der Waals surface area contributed by atoms with E-state index < -0.39 is 0 Å². The Morgan fingerprint density at radius 3 is 2.64 bits per heavy atom. The zero-order valence-corrected chi connectivity index (χ0v) is 12.8. The van der Waals surface area contributed by atoms with Gasteiger partial charge in [-0.05, 0) is 24.1 Å². The second kappa shape index (κ2) is 7.56. The van der Waals surface area contributed by atoms with Crippen LogP contribution < -0.4 is 10.9 Å². The van der Waals surface area contributed by atoms with E-state index in [2.05, 4.69) is 5.32 Å². The minimum absolute atomic E-state index is 0.204. The quantitative estimate of drug-likeness (QED) is 0.885. The summed E-state index contributed by atoms with van der Waals surface area (Å²) >= 11 is 0. The van der Waals surface area contributed by atoms with Gasteiger partial charge in [-0.1, -0.05) is 24.3 Å². The Morgan fingerprint density at radius 1 is 1.23 bits per heavy atom. The van der Waals surface area contributed by atoms with Crippen molar-refractivity contribution < 1.29 is 9.53 Å². The molecule has 2 rings (SSSR count). The largest absolute Gasteiger partial charge is 0.377 e. The van der Waals surface area contributed by atoms with E-state index in [9.17, 15) is 9.59 Å². The molecule has 22 heavy (non-hydrogen) atoms. The van der Waals surface area contributed by atoms with Crippen molar-refractivity contribution in [2.75, 3.05) is 6.61 Å². The van der Waals surface area contributed by atoms with Gasteiger partial charge in [0.1, 0.15) is 0 Å². The van der Waals surface area contributed by atoms with Crippen molar-refractivity contribution in [2.45, 2.75) is 20.1 Å². The molecule has 0 spiro atoms. The van der Waals surface area contributed by atoms with Crippen molar-refractivity contribution in [1.82, 2.24) is 9.88 Å². The van der Waals surface area contributed by atoms with Gasteiger partial charge in [0, 0.05) is 38.0 Å². The number of nitrogens with zero attached hydrogens (tertiary/aromatic N) is 1. The van der Waals surface area contributed by atoms with Crippen LogP contribution in [0.5, 0.6) is 0 Å². The number of pyridine rings is 1. The van der Waals surface area contributed by atoms with E-state index in [-0.39, 0.29) is 11.5 Å². The number of benzene rings is 1. The highest BCUT2D eigenvalue weighted by Gasteiger charge is 2.08. The number of carbonyl (C=O) groups is 1.